The Morgan fingerprint density at radius 2 is 1.32 bits per heavy atom. The molecule has 0 aromatic heterocycles. The van der Waals surface area contributed by atoms with Gasteiger partial charge in [0, 0.05) is 86.9 Å². The van der Waals surface area contributed by atoms with Gasteiger partial charge in [-0.05, 0) is 12.8 Å². The van der Waals surface area contributed by atoms with Crippen molar-refractivity contribution in [2.24, 2.45) is 9.98 Å². The Labute approximate surface area is 258 Å². The van der Waals surface area contributed by atoms with Crippen molar-refractivity contribution < 1.29 is 18.3 Å². The highest BCUT2D eigenvalue weighted by Crippen LogP contribution is 2.19. The van der Waals surface area contributed by atoms with E-state index < -0.39 is 21.6 Å². The summed E-state index contributed by atoms with van der Waals surface area (Å²) in [5.41, 5.74) is 3.07. The molecule has 0 aliphatic carbocycles. The fraction of sp³-hybridized carbons (Fsp3) is 0.857. The summed E-state index contributed by atoms with van der Waals surface area (Å²) in [4.78, 5) is 20.0. The average Bonchev–Trinajstić information content (AvgIpc) is 2.89. The second kappa shape index (κ2) is 32.0. The molecular weight excluding hydrogens is 647 g/mol. The molecule has 2 unspecified atom stereocenters. The fourth-order valence-electron chi connectivity index (χ4n) is 1.96. The Hall–Kier alpha value is 1.52. The maximum Gasteiger partial charge on any atom is 0.279 e. The van der Waals surface area contributed by atoms with E-state index in [0.717, 1.165) is 62.1 Å². The molecule has 0 aromatic carbocycles. The van der Waals surface area contributed by atoms with E-state index in [-0.39, 0.29) is 11.8 Å². The lowest BCUT2D eigenvalue weighted by molar-refractivity contribution is 0.261. The van der Waals surface area contributed by atoms with E-state index in [2.05, 4.69) is 22.2 Å². The normalized spacial score (nSPS) is 13.5. The predicted molar refractivity (Wildman–Crippen MR) is 185 cm³/mol. The van der Waals surface area contributed by atoms with E-state index in [1.807, 2.05) is 58.8 Å². The number of carbonyl (C=O) groups excluding carboxylic acids is 1. The number of hydrogen-bond donors (Lipinski definition) is 2. The average molecular weight is 688 g/mol. The first-order chi connectivity index (χ1) is 18.1. The van der Waals surface area contributed by atoms with Crippen LogP contribution in [0, 0.1) is 0 Å². The smallest absolute Gasteiger partial charge is 0.279 e. The van der Waals surface area contributed by atoms with E-state index in [9.17, 15) is 13.2 Å². The van der Waals surface area contributed by atoms with Crippen molar-refractivity contribution in [1.29, 1.82) is 0 Å². The second-order valence-corrected chi connectivity index (χ2v) is 18.5. The van der Waals surface area contributed by atoms with Crippen molar-refractivity contribution in [2.75, 3.05) is 86.9 Å². The maximum atomic E-state index is 11.9. The standard InChI is InChI=1S/C21H41N3O4S9/c1-2-4-22-15-36(27)13-11-32-20-34-18-30-9-10-35-21(26)24-6-8-29-17-33-19-31-12-14-37(28)16-23-5-3-7-25/h15-16,25H,2-14,17-20H2,1H3,(H,24,26). The molecule has 7 nitrogen and oxygen atoms in total. The van der Waals surface area contributed by atoms with Crippen LogP contribution < -0.4 is 5.32 Å². The molecule has 0 rings (SSSR count). The molecule has 0 aliphatic heterocycles. The summed E-state index contributed by atoms with van der Waals surface area (Å²) >= 11 is 12.3. The third-order valence-corrected chi connectivity index (χ3v) is 14.6. The van der Waals surface area contributed by atoms with Crippen molar-refractivity contribution in [2.45, 2.75) is 19.8 Å². The van der Waals surface area contributed by atoms with E-state index in [0.29, 0.717) is 31.0 Å². The number of aliphatic hydroxyl groups is 1. The van der Waals surface area contributed by atoms with Gasteiger partial charge in [0.1, 0.15) is 0 Å². The summed E-state index contributed by atoms with van der Waals surface area (Å²) in [5, 5.41) is 15.6. The van der Waals surface area contributed by atoms with Crippen LogP contribution in [-0.2, 0) is 21.6 Å². The first-order valence-corrected chi connectivity index (χ1v) is 22.5. The van der Waals surface area contributed by atoms with Gasteiger partial charge in [-0.3, -0.25) is 23.2 Å². The number of aliphatic imine (C=N–C) groups is 2. The number of aliphatic hydroxyl groups excluding tert-OH is 1. The van der Waals surface area contributed by atoms with Crippen LogP contribution in [-0.4, -0.2) is 117 Å². The molecule has 0 saturated heterocycles. The van der Waals surface area contributed by atoms with Crippen LogP contribution in [0.3, 0.4) is 0 Å². The minimum atomic E-state index is -1.01. The molecule has 0 spiro atoms. The van der Waals surface area contributed by atoms with Gasteiger partial charge in [-0.25, -0.2) is 0 Å². The molecule has 0 heterocycles. The lowest BCUT2D eigenvalue weighted by Gasteiger charge is -2.05. The molecule has 218 valence electrons. The first-order valence-electron chi connectivity index (χ1n) is 11.8. The third-order valence-electron chi connectivity index (χ3n) is 3.68. The van der Waals surface area contributed by atoms with Crippen molar-refractivity contribution in [3.05, 3.63) is 0 Å². The molecule has 0 bridgehead atoms. The quantitative estimate of drug-likeness (QED) is 0.0527. The van der Waals surface area contributed by atoms with E-state index in [1.54, 1.807) is 17.3 Å². The molecule has 0 radical (unpaired) electrons. The van der Waals surface area contributed by atoms with E-state index >= 15 is 0 Å². The Balaban J connectivity index is 3.32. The summed E-state index contributed by atoms with van der Waals surface area (Å²) in [5.74, 6) is 5.70. The Bertz CT molecular complexity index is 646. The fourth-order valence-corrected chi connectivity index (χ4v) is 12.0. The number of amides is 1. The Morgan fingerprint density at radius 1 is 0.784 bits per heavy atom. The SMILES string of the molecule is CCCN=CS(=O)CCSCSCSCCSC(=O)NCCSCSCSCCS(=O)C=NCCCO. The van der Waals surface area contributed by atoms with Crippen LogP contribution in [0.4, 0.5) is 4.79 Å². The molecule has 16 heteroatoms. The lowest BCUT2D eigenvalue weighted by atomic mass is 10.5. The van der Waals surface area contributed by atoms with E-state index in [4.69, 9.17) is 5.11 Å². The van der Waals surface area contributed by atoms with Gasteiger partial charge < -0.3 is 10.4 Å². The minimum absolute atomic E-state index is 0.0518. The van der Waals surface area contributed by atoms with Crippen LogP contribution in [0.25, 0.3) is 0 Å². The number of nitrogens with one attached hydrogen (secondary N) is 1. The zero-order valence-corrected chi connectivity index (χ0v) is 28.8. The minimum Gasteiger partial charge on any atom is -0.396 e. The van der Waals surface area contributed by atoms with Crippen LogP contribution in [0.1, 0.15) is 19.8 Å². The zero-order chi connectivity index (χ0) is 27.2. The molecule has 0 aliphatic rings. The first kappa shape index (κ1) is 38.5. The number of hydrogen-bond acceptors (Lipinski definition) is 13. The van der Waals surface area contributed by atoms with Crippen molar-refractivity contribution in [3.8, 4) is 0 Å². The van der Waals surface area contributed by atoms with Gasteiger partial charge in [-0.15, -0.1) is 35.3 Å². The van der Waals surface area contributed by atoms with Crippen LogP contribution in [0.5, 0.6) is 0 Å². The second-order valence-electron chi connectivity index (χ2n) is 6.85. The topological polar surface area (TPSA) is 108 Å². The number of thioether (sulfide) groups is 7. The maximum absolute atomic E-state index is 11.9. The van der Waals surface area contributed by atoms with E-state index in [1.165, 1.54) is 17.3 Å². The van der Waals surface area contributed by atoms with Crippen LogP contribution in [0.2, 0.25) is 0 Å². The van der Waals surface area contributed by atoms with Crippen LogP contribution in [0.15, 0.2) is 9.98 Å². The van der Waals surface area contributed by atoms with Gasteiger partial charge >= 0.3 is 0 Å². The van der Waals surface area contributed by atoms with Gasteiger partial charge in [-0.2, -0.15) is 35.3 Å². The molecule has 2 N–H and O–H groups in total. The lowest BCUT2D eigenvalue weighted by Crippen LogP contribution is -2.22. The highest BCUT2D eigenvalue weighted by Gasteiger charge is 2.02. The summed E-state index contributed by atoms with van der Waals surface area (Å²) in [6, 6.07) is 0. The monoisotopic (exact) mass is 687 g/mol. The molecule has 37 heavy (non-hydrogen) atoms. The van der Waals surface area contributed by atoms with Gasteiger partial charge in [-0.1, -0.05) is 18.7 Å². The van der Waals surface area contributed by atoms with Crippen LogP contribution >= 0.6 is 82.3 Å². The third kappa shape index (κ3) is 31.9. The van der Waals surface area contributed by atoms with Crippen molar-refractivity contribution in [3.63, 3.8) is 0 Å². The molecule has 0 aromatic rings. The number of nitrogens with zero attached hydrogens (tertiary/aromatic N) is 2. The summed E-state index contributed by atoms with van der Waals surface area (Å²) in [7, 11) is -1.95. The predicted octanol–water partition coefficient (Wildman–Crippen LogP) is 5.00. The molecule has 0 saturated carbocycles. The summed E-state index contributed by atoms with van der Waals surface area (Å²) in [6.45, 7) is 4.14. The number of rotatable bonds is 27. The van der Waals surface area contributed by atoms with Gasteiger partial charge in [0.05, 0.1) is 32.7 Å². The molecule has 1 amide bonds. The molecule has 2 atom stereocenters. The Morgan fingerprint density at radius 3 is 1.89 bits per heavy atom. The van der Waals surface area contributed by atoms with Crippen molar-refractivity contribution in [1.82, 2.24) is 5.32 Å². The number of carbonyl (C=O) groups is 1. The highest BCUT2D eigenvalue weighted by atomic mass is 32.2. The molecular formula is C21H41N3O4S9. The Kier molecular flexibility index (Phi) is 33.4. The zero-order valence-electron chi connectivity index (χ0n) is 21.4. The largest absolute Gasteiger partial charge is 0.396 e. The summed E-state index contributed by atoms with van der Waals surface area (Å²) in [6.07, 6.45) is 1.60. The summed E-state index contributed by atoms with van der Waals surface area (Å²) < 4.78 is 23.4. The molecule has 0 fully saturated rings. The van der Waals surface area contributed by atoms with Gasteiger partial charge in [0.2, 0.25) is 0 Å². The van der Waals surface area contributed by atoms with Crippen molar-refractivity contribution >= 4 is 120 Å². The van der Waals surface area contributed by atoms with Gasteiger partial charge in [0.15, 0.2) is 0 Å². The highest BCUT2D eigenvalue weighted by molar-refractivity contribution is 8.23. The van der Waals surface area contributed by atoms with Gasteiger partial charge in [0.25, 0.3) is 5.24 Å².